The van der Waals surface area contributed by atoms with Gasteiger partial charge in [-0.05, 0) is 25.2 Å². The van der Waals surface area contributed by atoms with Crippen LogP contribution < -0.4 is 10.6 Å². The largest absolute Gasteiger partial charge is 0.356 e. The summed E-state index contributed by atoms with van der Waals surface area (Å²) in [5.41, 5.74) is -0.0666. The second-order valence-corrected chi connectivity index (χ2v) is 8.95. The van der Waals surface area contributed by atoms with E-state index in [2.05, 4.69) is 29.5 Å². The molecule has 21 heavy (non-hydrogen) atoms. The van der Waals surface area contributed by atoms with Gasteiger partial charge in [-0.25, -0.2) is 8.42 Å². The van der Waals surface area contributed by atoms with E-state index in [-0.39, 0.29) is 11.2 Å². The molecule has 0 aliphatic heterocycles. The molecule has 5 nitrogen and oxygen atoms in total. The first-order valence-corrected chi connectivity index (χ1v) is 9.95. The minimum absolute atomic E-state index is 0.0666. The average molecular weight is 317 g/mol. The lowest BCUT2D eigenvalue weighted by Gasteiger charge is -2.17. The molecule has 0 aromatic heterocycles. The molecule has 0 amide bonds. The molecule has 1 fully saturated rings. The Balaban J connectivity index is 2.23. The van der Waals surface area contributed by atoms with Gasteiger partial charge >= 0.3 is 0 Å². The molecule has 6 heteroatoms. The highest BCUT2D eigenvalue weighted by Gasteiger charge is 2.45. The summed E-state index contributed by atoms with van der Waals surface area (Å²) in [5.74, 6) is 1.81. The van der Waals surface area contributed by atoms with Gasteiger partial charge in [-0.15, -0.1) is 0 Å². The predicted octanol–water partition coefficient (Wildman–Crippen LogP) is 1.80. The van der Waals surface area contributed by atoms with Gasteiger partial charge < -0.3 is 10.6 Å². The highest BCUT2D eigenvalue weighted by molar-refractivity contribution is 7.90. The zero-order chi connectivity index (χ0) is 15.9. The lowest BCUT2D eigenvalue weighted by atomic mass is 10.1. The van der Waals surface area contributed by atoms with Crippen molar-refractivity contribution in [2.45, 2.75) is 46.0 Å². The van der Waals surface area contributed by atoms with Crippen LogP contribution in [0.15, 0.2) is 4.99 Å². The molecule has 0 heterocycles. The van der Waals surface area contributed by atoms with Crippen molar-refractivity contribution in [2.24, 2.45) is 16.3 Å². The molecule has 0 bridgehead atoms. The quantitative estimate of drug-likeness (QED) is 0.386. The van der Waals surface area contributed by atoms with Crippen molar-refractivity contribution < 1.29 is 8.42 Å². The van der Waals surface area contributed by atoms with Crippen LogP contribution in [0.2, 0.25) is 0 Å². The summed E-state index contributed by atoms with van der Waals surface area (Å²) in [6.45, 7) is 6.08. The number of guanidine groups is 1. The summed E-state index contributed by atoms with van der Waals surface area (Å²) in [6.07, 6.45) is 6.89. The van der Waals surface area contributed by atoms with E-state index in [1.807, 2.05) is 0 Å². The minimum Gasteiger partial charge on any atom is -0.356 e. The van der Waals surface area contributed by atoms with E-state index in [0.29, 0.717) is 6.54 Å². The summed E-state index contributed by atoms with van der Waals surface area (Å²) in [6, 6.07) is 0. The lowest BCUT2D eigenvalue weighted by Crippen LogP contribution is -2.41. The van der Waals surface area contributed by atoms with Crippen LogP contribution in [0.1, 0.15) is 46.0 Å². The Kier molecular flexibility index (Phi) is 6.97. The summed E-state index contributed by atoms with van der Waals surface area (Å²) in [5, 5.41) is 6.56. The predicted molar refractivity (Wildman–Crippen MR) is 89.4 cm³/mol. The first-order chi connectivity index (χ1) is 9.76. The summed E-state index contributed by atoms with van der Waals surface area (Å²) >= 11 is 0. The van der Waals surface area contributed by atoms with Crippen molar-refractivity contribution in [1.29, 1.82) is 0 Å². The van der Waals surface area contributed by atoms with E-state index in [9.17, 15) is 8.42 Å². The number of unbranched alkanes of at least 4 members (excludes halogenated alkanes) is 1. The van der Waals surface area contributed by atoms with Crippen LogP contribution in [0.5, 0.6) is 0 Å². The molecule has 1 aliphatic carbocycles. The van der Waals surface area contributed by atoms with Gasteiger partial charge in [0.15, 0.2) is 5.96 Å². The third-order valence-corrected chi connectivity index (χ3v) is 5.02. The van der Waals surface area contributed by atoms with Gasteiger partial charge in [0.05, 0.1) is 5.75 Å². The number of sulfone groups is 1. The van der Waals surface area contributed by atoms with Crippen LogP contribution in [0.4, 0.5) is 0 Å². The van der Waals surface area contributed by atoms with E-state index in [0.717, 1.165) is 37.7 Å². The minimum atomic E-state index is -2.91. The van der Waals surface area contributed by atoms with E-state index in [1.54, 1.807) is 7.05 Å². The fourth-order valence-corrected chi connectivity index (χ4v) is 3.98. The van der Waals surface area contributed by atoms with Crippen molar-refractivity contribution in [3.05, 3.63) is 0 Å². The lowest BCUT2D eigenvalue weighted by molar-refractivity contribution is 0.522. The molecule has 0 aromatic carbocycles. The molecule has 0 aromatic rings. The van der Waals surface area contributed by atoms with Crippen molar-refractivity contribution in [2.75, 3.05) is 32.1 Å². The second kappa shape index (κ2) is 8.01. The Morgan fingerprint density at radius 1 is 1.24 bits per heavy atom. The highest BCUT2D eigenvalue weighted by atomic mass is 32.2. The van der Waals surface area contributed by atoms with Gasteiger partial charge in [0, 0.05) is 31.8 Å². The summed E-state index contributed by atoms with van der Waals surface area (Å²) < 4.78 is 22.9. The SMILES string of the molecule is CN=C(NCCCCC(C)C)NCC1(CS(C)(=O)=O)CC1. The maximum absolute atomic E-state index is 11.4. The molecular weight excluding hydrogens is 286 g/mol. The van der Waals surface area contributed by atoms with E-state index >= 15 is 0 Å². The van der Waals surface area contributed by atoms with E-state index in [1.165, 1.54) is 19.1 Å². The Morgan fingerprint density at radius 2 is 1.90 bits per heavy atom. The van der Waals surface area contributed by atoms with Gasteiger partial charge in [0.2, 0.25) is 0 Å². The normalized spacial score (nSPS) is 17.9. The van der Waals surface area contributed by atoms with Gasteiger partial charge in [-0.1, -0.05) is 26.7 Å². The average Bonchev–Trinajstić information content (AvgIpc) is 3.10. The molecule has 0 radical (unpaired) electrons. The number of nitrogens with one attached hydrogen (secondary N) is 2. The molecular formula is C15H31N3O2S. The Bertz CT molecular complexity index is 440. The second-order valence-electron chi connectivity index (χ2n) is 6.81. The topological polar surface area (TPSA) is 70.6 Å². The summed E-state index contributed by atoms with van der Waals surface area (Å²) in [7, 11) is -1.16. The van der Waals surface area contributed by atoms with Gasteiger partial charge in [-0.2, -0.15) is 0 Å². The Labute approximate surface area is 129 Å². The first kappa shape index (κ1) is 18.3. The maximum atomic E-state index is 11.4. The Morgan fingerprint density at radius 3 is 2.38 bits per heavy atom. The van der Waals surface area contributed by atoms with Crippen LogP contribution in [-0.2, 0) is 9.84 Å². The monoisotopic (exact) mass is 317 g/mol. The van der Waals surface area contributed by atoms with Crippen LogP contribution in [0, 0.1) is 11.3 Å². The third kappa shape index (κ3) is 8.29. The van der Waals surface area contributed by atoms with Gasteiger partial charge in [-0.3, -0.25) is 4.99 Å². The highest BCUT2D eigenvalue weighted by Crippen LogP contribution is 2.45. The number of hydrogen-bond acceptors (Lipinski definition) is 3. The van der Waals surface area contributed by atoms with Crippen molar-refractivity contribution in [3.63, 3.8) is 0 Å². The van der Waals surface area contributed by atoms with Gasteiger partial charge in [0.1, 0.15) is 9.84 Å². The Hall–Kier alpha value is -0.780. The molecule has 1 aliphatic rings. The molecule has 124 valence electrons. The first-order valence-electron chi connectivity index (χ1n) is 7.89. The van der Waals surface area contributed by atoms with E-state index in [4.69, 9.17) is 0 Å². The van der Waals surface area contributed by atoms with Crippen LogP contribution in [0.3, 0.4) is 0 Å². The van der Waals surface area contributed by atoms with Crippen LogP contribution >= 0.6 is 0 Å². The molecule has 1 rings (SSSR count). The van der Waals surface area contributed by atoms with Crippen LogP contribution in [-0.4, -0.2) is 46.5 Å². The molecule has 0 spiro atoms. The fourth-order valence-electron chi connectivity index (χ4n) is 2.48. The molecule has 0 saturated heterocycles. The van der Waals surface area contributed by atoms with Crippen molar-refractivity contribution in [1.82, 2.24) is 10.6 Å². The number of nitrogens with zero attached hydrogens (tertiary/aromatic N) is 1. The van der Waals surface area contributed by atoms with Crippen molar-refractivity contribution >= 4 is 15.8 Å². The smallest absolute Gasteiger partial charge is 0.190 e. The van der Waals surface area contributed by atoms with Crippen LogP contribution in [0.25, 0.3) is 0 Å². The van der Waals surface area contributed by atoms with Crippen molar-refractivity contribution in [3.8, 4) is 0 Å². The fraction of sp³-hybridized carbons (Fsp3) is 0.933. The molecule has 0 atom stereocenters. The third-order valence-electron chi connectivity index (χ3n) is 3.88. The summed E-state index contributed by atoms with van der Waals surface area (Å²) in [4.78, 5) is 4.19. The molecule has 0 unspecified atom stereocenters. The maximum Gasteiger partial charge on any atom is 0.190 e. The van der Waals surface area contributed by atoms with Gasteiger partial charge in [0.25, 0.3) is 0 Å². The zero-order valence-electron chi connectivity index (χ0n) is 13.9. The number of rotatable bonds is 9. The zero-order valence-corrected chi connectivity index (χ0v) is 14.7. The number of hydrogen-bond donors (Lipinski definition) is 2. The van der Waals surface area contributed by atoms with E-state index < -0.39 is 9.84 Å². The molecule has 1 saturated carbocycles. The molecule has 2 N–H and O–H groups in total. The standard InChI is InChI=1S/C15H31N3O2S/c1-13(2)7-5-6-10-17-14(16-3)18-11-15(8-9-15)12-21(4,19)20/h13H,5-12H2,1-4H3,(H2,16,17,18). The number of aliphatic imine (C=N–C) groups is 1.